The Morgan fingerprint density at radius 2 is 2.16 bits per heavy atom. The number of aliphatic hydroxyl groups is 1. The van der Waals surface area contributed by atoms with Gasteiger partial charge in [0.05, 0.1) is 12.4 Å². The third-order valence-electron chi connectivity index (χ3n) is 3.04. The molecule has 1 aromatic rings. The number of benzene rings is 1. The van der Waals surface area contributed by atoms with Crippen LogP contribution in [0.3, 0.4) is 0 Å². The van der Waals surface area contributed by atoms with E-state index in [1.165, 1.54) is 4.90 Å². The minimum absolute atomic E-state index is 0.0203. The van der Waals surface area contributed by atoms with Crippen LogP contribution in [0.25, 0.3) is 0 Å². The number of aliphatic hydroxyl groups excluding tert-OH is 1. The molecule has 0 radical (unpaired) electrons. The lowest BCUT2D eigenvalue weighted by Crippen LogP contribution is -2.25. The van der Waals surface area contributed by atoms with Gasteiger partial charge in [0.25, 0.3) is 0 Å². The fourth-order valence-electron chi connectivity index (χ4n) is 2.25. The Bertz CT molecular complexity index is 587. The number of rotatable bonds is 4. The fourth-order valence-corrected chi connectivity index (χ4v) is 3.03. The maximum absolute atomic E-state index is 12.6. The molecule has 0 saturated carbocycles. The van der Waals surface area contributed by atoms with E-state index < -0.39 is 21.9 Å². The number of hydrogen-bond donors (Lipinski definition) is 1. The summed E-state index contributed by atoms with van der Waals surface area (Å²) in [6.07, 6.45) is 0.0203. The van der Waals surface area contributed by atoms with Gasteiger partial charge in [-0.3, -0.25) is 4.79 Å². The third kappa shape index (κ3) is 3.51. The van der Waals surface area contributed by atoms with Crippen molar-refractivity contribution >= 4 is 21.8 Å². The van der Waals surface area contributed by atoms with Gasteiger partial charge in [-0.1, -0.05) is 12.1 Å². The molecule has 2 rings (SSSR count). The Kier molecular flexibility index (Phi) is 3.86. The quantitative estimate of drug-likeness (QED) is 0.832. The summed E-state index contributed by atoms with van der Waals surface area (Å²) in [5, 5.41) is 9.04. The van der Waals surface area contributed by atoms with Crippen molar-refractivity contribution in [3.05, 3.63) is 29.8 Å². The van der Waals surface area contributed by atoms with E-state index in [0.717, 1.165) is 0 Å². The Labute approximate surface area is 110 Å². The number of carbonyl (C=O) groups is 1. The second kappa shape index (κ2) is 5.26. The van der Waals surface area contributed by atoms with Crippen LogP contribution in [0, 0.1) is 5.92 Å². The maximum atomic E-state index is 12.6. The Morgan fingerprint density at radius 1 is 1.42 bits per heavy atom. The van der Waals surface area contributed by atoms with Crippen LogP contribution in [0.4, 0.5) is 9.57 Å². The molecule has 1 N–H and O–H groups in total. The fraction of sp³-hybridized carbons (Fsp3) is 0.417. The smallest absolute Gasteiger partial charge is 0.302 e. The van der Waals surface area contributed by atoms with Gasteiger partial charge in [-0.15, -0.1) is 3.89 Å². The molecule has 1 heterocycles. The normalized spacial score (nSPS) is 20.0. The van der Waals surface area contributed by atoms with Crippen LogP contribution in [0.2, 0.25) is 0 Å². The van der Waals surface area contributed by atoms with Crippen molar-refractivity contribution in [3.63, 3.8) is 0 Å². The van der Waals surface area contributed by atoms with Gasteiger partial charge in [-0.05, 0) is 17.7 Å². The van der Waals surface area contributed by atoms with E-state index in [2.05, 4.69) is 0 Å². The summed E-state index contributed by atoms with van der Waals surface area (Å²) < 4.78 is 33.8. The number of carbonyl (C=O) groups excluding carboxylic acids is 1. The average Bonchev–Trinajstić information content (AvgIpc) is 2.68. The van der Waals surface area contributed by atoms with Gasteiger partial charge in [0.2, 0.25) is 5.91 Å². The summed E-state index contributed by atoms with van der Waals surface area (Å²) in [6.45, 7) is 0.0367. The number of halogens is 1. The Morgan fingerprint density at radius 3 is 2.79 bits per heavy atom. The molecule has 0 aliphatic carbocycles. The van der Waals surface area contributed by atoms with Gasteiger partial charge >= 0.3 is 10.2 Å². The summed E-state index contributed by atoms with van der Waals surface area (Å²) in [4.78, 5) is 13.2. The number of nitrogens with zero attached hydrogens (tertiary/aromatic N) is 1. The van der Waals surface area contributed by atoms with E-state index in [-0.39, 0.29) is 25.5 Å². The zero-order valence-electron chi connectivity index (χ0n) is 10.1. The van der Waals surface area contributed by atoms with Crippen LogP contribution in [0.1, 0.15) is 12.0 Å². The Balaban J connectivity index is 2.15. The minimum atomic E-state index is -4.57. The van der Waals surface area contributed by atoms with Gasteiger partial charge in [-0.25, -0.2) is 0 Å². The SMILES string of the molecule is O=C1CC(CS(=O)(=O)F)CN1c1cccc(CO)c1. The molecule has 1 aliphatic rings. The highest BCUT2D eigenvalue weighted by Gasteiger charge is 2.33. The van der Waals surface area contributed by atoms with E-state index in [1.54, 1.807) is 24.3 Å². The van der Waals surface area contributed by atoms with Crippen molar-refractivity contribution in [2.45, 2.75) is 13.0 Å². The van der Waals surface area contributed by atoms with E-state index >= 15 is 0 Å². The molecule has 1 fully saturated rings. The summed E-state index contributed by atoms with van der Waals surface area (Å²) in [5.74, 6) is -1.39. The molecule has 1 amide bonds. The predicted molar refractivity (Wildman–Crippen MR) is 67.7 cm³/mol. The molecule has 1 aliphatic heterocycles. The van der Waals surface area contributed by atoms with Crippen molar-refractivity contribution in [1.29, 1.82) is 0 Å². The van der Waals surface area contributed by atoms with E-state index in [4.69, 9.17) is 5.11 Å². The van der Waals surface area contributed by atoms with Crippen LogP contribution in [-0.4, -0.2) is 31.7 Å². The highest BCUT2D eigenvalue weighted by Crippen LogP contribution is 2.26. The van der Waals surface area contributed by atoms with E-state index in [9.17, 15) is 17.1 Å². The molecule has 104 valence electrons. The largest absolute Gasteiger partial charge is 0.392 e. The zero-order valence-corrected chi connectivity index (χ0v) is 10.9. The summed E-state index contributed by atoms with van der Waals surface area (Å²) in [5.41, 5.74) is 1.25. The van der Waals surface area contributed by atoms with E-state index in [1.807, 2.05) is 0 Å². The third-order valence-corrected chi connectivity index (χ3v) is 3.91. The summed E-state index contributed by atoms with van der Waals surface area (Å²) in [6, 6.07) is 6.77. The number of anilines is 1. The van der Waals surface area contributed by atoms with Crippen molar-refractivity contribution < 1.29 is 22.2 Å². The van der Waals surface area contributed by atoms with Gasteiger partial charge in [-0.2, -0.15) is 8.42 Å². The Hall–Kier alpha value is -1.47. The van der Waals surface area contributed by atoms with Crippen molar-refractivity contribution in [2.75, 3.05) is 17.2 Å². The molecular weight excluding hydrogens is 273 g/mol. The lowest BCUT2D eigenvalue weighted by molar-refractivity contribution is -0.117. The molecule has 7 heteroatoms. The van der Waals surface area contributed by atoms with Gasteiger partial charge in [0, 0.05) is 24.6 Å². The highest BCUT2D eigenvalue weighted by molar-refractivity contribution is 7.86. The molecule has 5 nitrogen and oxygen atoms in total. The van der Waals surface area contributed by atoms with Crippen LogP contribution in [-0.2, 0) is 21.6 Å². The summed E-state index contributed by atoms with van der Waals surface area (Å²) >= 11 is 0. The predicted octanol–water partition coefficient (Wildman–Crippen LogP) is 0.831. The molecule has 19 heavy (non-hydrogen) atoms. The standard InChI is InChI=1S/C12H14FNO4S/c13-19(17,18)8-10-5-12(16)14(6-10)11-3-1-2-9(4-11)7-15/h1-4,10,15H,5-8H2. The average molecular weight is 287 g/mol. The minimum Gasteiger partial charge on any atom is -0.392 e. The first kappa shape index (κ1) is 14.0. The topological polar surface area (TPSA) is 74.7 Å². The molecule has 0 spiro atoms. The van der Waals surface area contributed by atoms with Crippen LogP contribution in [0.15, 0.2) is 24.3 Å². The van der Waals surface area contributed by atoms with Gasteiger partial charge in [0.1, 0.15) is 0 Å². The molecule has 1 unspecified atom stereocenters. The van der Waals surface area contributed by atoms with Crippen LogP contribution >= 0.6 is 0 Å². The first-order valence-corrected chi connectivity index (χ1v) is 7.37. The second-order valence-electron chi connectivity index (χ2n) is 4.61. The second-order valence-corrected chi connectivity index (χ2v) is 6.02. The molecule has 0 aromatic heterocycles. The molecule has 1 aromatic carbocycles. The van der Waals surface area contributed by atoms with Gasteiger partial charge in [0.15, 0.2) is 0 Å². The van der Waals surface area contributed by atoms with E-state index in [0.29, 0.717) is 11.3 Å². The lowest BCUT2D eigenvalue weighted by Gasteiger charge is -2.17. The molecule has 0 bridgehead atoms. The van der Waals surface area contributed by atoms with Crippen molar-refractivity contribution in [2.24, 2.45) is 5.92 Å². The molecule has 1 saturated heterocycles. The molecular formula is C12H14FNO4S. The monoisotopic (exact) mass is 287 g/mol. The van der Waals surface area contributed by atoms with Crippen molar-refractivity contribution in [3.8, 4) is 0 Å². The summed E-state index contributed by atoms with van der Waals surface area (Å²) in [7, 11) is -4.57. The van der Waals surface area contributed by atoms with Crippen LogP contribution in [0.5, 0.6) is 0 Å². The zero-order chi connectivity index (χ0) is 14.0. The van der Waals surface area contributed by atoms with Crippen molar-refractivity contribution in [1.82, 2.24) is 0 Å². The number of hydrogen-bond acceptors (Lipinski definition) is 4. The lowest BCUT2D eigenvalue weighted by atomic mass is 10.1. The molecule has 1 atom stereocenters. The first-order valence-electron chi connectivity index (χ1n) is 5.81. The number of amides is 1. The maximum Gasteiger partial charge on any atom is 0.302 e. The van der Waals surface area contributed by atoms with Crippen LogP contribution < -0.4 is 4.90 Å². The highest BCUT2D eigenvalue weighted by atomic mass is 32.3. The van der Waals surface area contributed by atoms with Gasteiger partial charge < -0.3 is 10.0 Å². The first-order chi connectivity index (χ1) is 8.89.